The third-order valence-corrected chi connectivity index (χ3v) is 3.86. The highest BCUT2D eigenvalue weighted by Gasteiger charge is 2.13. The molecule has 0 radical (unpaired) electrons. The Morgan fingerprint density at radius 3 is 2.62 bits per heavy atom. The van der Waals surface area contributed by atoms with E-state index < -0.39 is 0 Å². The summed E-state index contributed by atoms with van der Waals surface area (Å²) in [6, 6.07) is 10.1. The van der Waals surface area contributed by atoms with Gasteiger partial charge in [-0.25, -0.2) is 0 Å². The van der Waals surface area contributed by atoms with E-state index in [1.165, 1.54) is 32.2 Å². The molecule has 6 heteroatoms. The summed E-state index contributed by atoms with van der Waals surface area (Å²) in [6.45, 7) is 0. The van der Waals surface area contributed by atoms with Gasteiger partial charge in [0.25, 0.3) is 5.03 Å². The van der Waals surface area contributed by atoms with Gasteiger partial charge in [0.1, 0.15) is 0 Å². The number of ether oxygens (including phenoxy) is 2. The second-order valence-electron chi connectivity index (χ2n) is 4.15. The third-order valence-electron chi connectivity index (χ3n) is 2.85. The van der Waals surface area contributed by atoms with Crippen LogP contribution in [0.15, 0.2) is 47.6 Å². The molecule has 0 spiro atoms. The van der Waals surface area contributed by atoms with Gasteiger partial charge in [-0.3, -0.25) is 4.79 Å². The van der Waals surface area contributed by atoms with E-state index in [9.17, 15) is 10.0 Å². The standard InChI is InChI=1S/C15H15NO4S/c1-19-13-7-6-11(9-14(13)20-2)12(17)10-21-15-5-3-4-8-16(15)18/h3-9H,10H2,1-2H3. The lowest BCUT2D eigenvalue weighted by molar-refractivity contribution is -0.645. The van der Waals surface area contributed by atoms with Crippen molar-refractivity contribution in [3.05, 3.63) is 53.4 Å². The molecule has 0 saturated heterocycles. The summed E-state index contributed by atoms with van der Waals surface area (Å²) in [6.07, 6.45) is 1.41. The summed E-state index contributed by atoms with van der Waals surface area (Å²) >= 11 is 1.20. The quantitative estimate of drug-likeness (QED) is 0.355. The predicted molar refractivity (Wildman–Crippen MR) is 80.0 cm³/mol. The average Bonchev–Trinajstić information content (AvgIpc) is 2.53. The number of hydrogen-bond donors (Lipinski definition) is 0. The van der Waals surface area contributed by atoms with Crippen molar-refractivity contribution in [2.45, 2.75) is 5.03 Å². The Labute approximate surface area is 127 Å². The molecule has 0 fully saturated rings. The second kappa shape index (κ2) is 6.99. The molecule has 0 unspecified atom stereocenters. The highest BCUT2D eigenvalue weighted by molar-refractivity contribution is 7.99. The first kappa shape index (κ1) is 15.2. The molecule has 0 aliphatic heterocycles. The Kier molecular flexibility index (Phi) is 5.05. The van der Waals surface area contributed by atoms with Gasteiger partial charge < -0.3 is 14.7 Å². The van der Waals surface area contributed by atoms with E-state index in [2.05, 4.69) is 0 Å². The van der Waals surface area contributed by atoms with Crippen LogP contribution < -0.4 is 14.2 Å². The fraction of sp³-hybridized carbons (Fsp3) is 0.200. The molecule has 1 aromatic heterocycles. The van der Waals surface area contributed by atoms with E-state index >= 15 is 0 Å². The van der Waals surface area contributed by atoms with E-state index in [1.54, 1.807) is 36.4 Å². The molecule has 0 aliphatic carbocycles. The Hall–Kier alpha value is -2.21. The first-order valence-corrected chi connectivity index (χ1v) is 7.20. The summed E-state index contributed by atoms with van der Waals surface area (Å²) < 4.78 is 11.0. The van der Waals surface area contributed by atoms with Gasteiger partial charge in [-0.05, 0) is 36.0 Å². The summed E-state index contributed by atoms with van der Waals surface area (Å²) in [7, 11) is 3.06. The van der Waals surface area contributed by atoms with Crippen LogP contribution in [-0.2, 0) is 0 Å². The van der Waals surface area contributed by atoms with Crippen molar-refractivity contribution in [2.75, 3.05) is 20.0 Å². The number of carbonyl (C=O) groups is 1. The van der Waals surface area contributed by atoms with E-state index in [0.29, 0.717) is 22.1 Å². The summed E-state index contributed by atoms with van der Waals surface area (Å²) in [5.74, 6) is 1.18. The fourth-order valence-corrected chi connectivity index (χ4v) is 2.57. The Balaban J connectivity index is 2.09. The number of benzene rings is 1. The molecule has 0 atom stereocenters. The minimum Gasteiger partial charge on any atom is -0.618 e. The molecule has 0 amide bonds. The number of carbonyl (C=O) groups excluding carboxylic acids is 1. The number of thioether (sulfide) groups is 1. The summed E-state index contributed by atoms with van der Waals surface area (Å²) in [5, 5.41) is 12.0. The minimum absolute atomic E-state index is 0.0789. The first-order chi connectivity index (χ1) is 10.2. The molecular formula is C15H15NO4S. The number of rotatable bonds is 6. The number of methoxy groups -OCH3 is 2. The van der Waals surface area contributed by atoms with Gasteiger partial charge in [0.05, 0.1) is 20.0 Å². The first-order valence-electron chi connectivity index (χ1n) is 6.22. The van der Waals surface area contributed by atoms with Crippen LogP contribution in [-0.4, -0.2) is 25.8 Å². The lowest BCUT2D eigenvalue weighted by Gasteiger charge is -2.09. The minimum atomic E-state index is -0.0789. The maximum atomic E-state index is 12.2. The molecule has 0 bridgehead atoms. The highest BCUT2D eigenvalue weighted by Crippen LogP contribution is 2.28. The third kappa shape index (κ3) is 3.66. The molecule has 110 valence electrons. The van der Waals surface area contributed by atoms with Gasteiger partial charge in [0.2, 0.25) is 0 Å². The maximum Gasteiger partial charge on any atom is 0.251 e. The predicted octanol–water partition coefficient (Wildman–Crippen LogP) is 2.31. The van der Waals surface area contributed by atoms with Gasteiger partial charge >= 0.3 is 0 Å². The normalized spacial score (nSPS) is 10.2. The molecule has 5 nitrogen and oxygen atoms in total. The van der Waals surface area contributed by atoms with Crippen molar-refractivity contribution < 1.29 is 19.0 Å². The lowest BCUT2D eigenvalue weighted by atomic mass is 10.1. The molecule has 0 saturated carbocycles. The molecular weight excluding hydrogens is 290 g/mol. The Morgan fingerprint density at radius 1 is 1.19 bits per heavy atom. The van der Waals surface area contributed by atoms with Crippen LogP contribution in [0.3, 0.4) is 0 Å². The number of nitrogens with zero attached hydrogens (tertiary/aromatic N) is 1. The van der Waals surface area contributed by atoms with Gasteiger partial charge in [-0.2, -0.15) is 4.73 Å². The van der Waals surface area contributed by atoms with Crippen molar-refractivity contribution in [3.8, 4) is 11.5 Å². The zero-order valence-corrected chi connectivity index (χ0v) is 12.6. The van der Waals surface area contributed by atoms with Crippen molar-refractivity contribution in [3.63, 3.8) is 0 Å². The molecule has 1 heterocycles. The molecule has 1 aromatic carbocycles. The molecule has 2 aromatic rings. The molecule has 0 N–H and O–H groups in total. The SMILES string of the molecule is COc1ccc(C(=O)CSc2cccc[n+]2[O-])cc1OC. The van der Waals surface area contributed by atoms with Crippen LogP contribution in [0.5, 0.6) is 11.5 Å². The lowest BCUT2D eigenvalue weighted by Crippen LogP contribution is -2.28. The monoisotopic (exact) mass is 305 g/mol. The fourth-order valence-electron chi connectivity index (χ4n) is 1.76. The maximum absolute atomic E-state index is 12.2. The largest absolute Gasteiger partial charge is 0.618 e. The summed E-state index contributed by atoms with van der Waals surface area (Å²) in [5.41, 5.74) is 0.522. The van der Waals surface area contributed by atoms with Crippen molar-refractivity contribution >= 4 is 17.5 Å². The summed E-state index contributed by atoms with van der Waals surface area (Å²) in [4.78, 5) is 12.2. The highest BCUT2D eigenvalue weighted by atomic mass is 32.2. The Bertz CT molecular complexity index is 645. The average molecular weight is 305 g/mol. The van der Waals surface area contributed by atoms with Gasteiger partial charge in [-0.15, -0.1) is 0 Å². The van der Waals surface area contributed by atoms with Crippen molar-refractivity contribution in [1.29, 1.82) is 0 Å². The van der Waals surface area contributed by atoms with Gasteiger partial charge in [0.15, 0.2) is 23.5 Å². The smallest absolute Gasteiger partial charge is 0.251 e. The van der Waals surface area contributed by atoms with Crippen LogP contribution in [0.25, 0.3) is 0 Å². The number of hydrogen-bond acceptors (Lipinski definition) is 5. The number of pyridine rings is 1. The second-order valence-corrected chi connectivity index (χ2v) is 5.14. The zero-order chi connectivity index (χ0) is 15.2. The zero-order valence-electron chi connectivity index (χ0n) is 11.7. The van der Waals surface area contributed by atoms with Crippen LogP contribution in [0.1, 0.15) is 10.4 Å². The van der Waals surface area contributed by atoms with Crippen LogP contribution in [0, 0.1) is 5.21 Å². The van der Waals surface area contributed by atoms with E-state index in [0.717, 1.165) is 4.73 Å². The van der Waals surface area contributed by atoms with Crippen molar-refractivity contribution in [1.82, 2.24) is 0 Å². The van der Waals surface area contributed by atoms with Crippen LogP contribution >= 0.6 is 11.8 Å². The topological polar surface area (TPSA) is 62.5 Å². The number of aromatic nitrogens is 1. The Morgan fingerprint density at radius 2 is 1.95 bits per heavy atom. The van der Waals surface area contributed by atoms with Gasteiger partial charge in [0, 0.05) is 17.7 Å². The molecule has 0 aliphatic rings. The van der Waals surface area contributed by atoms with Crippen molar-refractivity contribution in [2.24, 2.45) is 0 Å². The van der Waals surface area contributed by atoms with Gasteiger partial charge in [-0.1, -0.05) is 0 Å². The van der Waals surface area contributed by atoms with E-state index in [1.807, 2.05) is 0 Å². The molecule has 21 heavy (non-hydrogen) atoms. The van der Waals surface area contributed by atoms with E-state index in [-0.39, 0.29) is 11.5 Å². The number of Topliss-reactive ketones (excluding diaryl/α,β-unsaturated/α-hetero) is 1. The van der Waals surface area contributed by atoms with E-state index in [4.69, 9.17) is 9.47 Å². The number of ketones is 1. The van der Waals surface area contributed by atoms with Crippen LogP contribution in [0.2, 0.25) is 0 Å². The molecule has 2 rings (SSSR count). The van der Waals surface area contributed by atoms with Crippen LogP contribution in [0.4, 0.5) is 0 Å².